The number of carbonyl (C=O) groups is 1. The molecule has 2 rings (SSSR count). The fraction of sp³-hybridized carbons (Fsp3) is 0.267. The molecule has 22 heavy (non-hydrogen) atoms. The number of benzene rings is 1. The van der Waals surface area contributed by atoms with Crippen LogP contribution in [0.5, 0.6) is 0 Å². The maximum Gasteiger partial charge on any atom is 0.346 e. The molecule has 0 radical (unpaired) electrons. The van der Waals surface area contributed by atoms with Crippen LogP contribution in [0.3, 0.4) is 0 Å². The number of thiophene rings is 1. The number of carboxylic acids is 1. The number of rotatable bonds is 5. The maximum absolute atomic E-state index is 12.7. The Morgan fingerprint density at radius 1 is 1.27 bits per heavy atom. The van der Waals surface area contributed by atoms with Crippen LogP contribution in [0.1, 0.15) is 33.8 Å². The van der Waals surface area contributed by atoms with Gasteiger partial charge in [0.25, 0.3) is 10.0 Å². The van der Waals surface area contributed by atoms with Crippen molar-refractivity contribution in [2.45, 2.75) is 24.1 Å². The van der Waals surface area contributed by atoms with Crippen molar-refractivity contribution in [3.8, 4) is 0 Å². The van der Waals surface area contributed by atoms with Crippen LogP contribution >= 0.6 is 11.3 Å². The van der Waals surface area contributed by atoms with Gasteiger partial charge in [-0.15, -0.1) is 11.3 Å². The summed E-state index contributed by atoms with van der Waals surface area (Å²) in [7, 11) is -2.23. The van der Waals surface area contributed by atoms with E-state index in [2.05, 4.69) is 0 Å². The molecule has 5 nitrogen and oxygen atoms in total. The third-order valence-electron chi connectivity index (χ3n) is 3.55. The van der Waals surface area contributed by atoms with Crippen LogP contribution < -0.4 is 0 Å². The minimum absolute atomic E-state index is 0.0488. The smallest absolute Gasteiger partial charge is 0.346 e. The van der Waals surface area contributed by atoms with Crippen LogP contribution in [-0.2, 0) is 10.0 Å². The van der Waals surface area contributed by atoms with E-state index >= 15 is 0 Å². The number of hydrogen-bond acceptors (Lipinski definition) is 4. The number of aryl methyl sites for hydroxylation is 1. The van der Waals surface area contributed by atoms with E-state index in [0.717, 1.165) is 16.9 Å². The largest absolute Gasteiger partial charge is 0.477 e. The molecule has 0 fully saturated rings. The van der Waals surface area contributed by atoms with E-state index in [1.165, 1.54) is 17.4 Å². The van der Waals surface area contributed by atoms with Crippen molar-refractivity contribution in [3.05, 3.63) is 52.4 Å². The van der Waals surface area contributed by atoms with Crippen molar-refractivity contribution < 1.29 is 18.3 Å². The monoisotopic (exact) mass is 339 g/mol. The first-order valence-corrected chi connectivity index (χ1v) is 8.87. The Labute approximate surface area is 133 Å². The van der Waals surface area contributed by atoms with Gasteiger partial charge in [0.15, 0.2) is 0 Å². The Balaban J connectivity index is 2.38. The number of hydrogen-bond donors (Lipinski definition) is 1. The van der Waals surface area contributed by atoms with Crippen LogP contribution in [0, 0.1) is 6.92 Å². The molecular formula is C15H17NO4S2. The lowest BCUT2D eigenvalue weighted by Crippen LogP contribution is -2.29. The first-order chi connectivity index (χ1) is 10.2. The van der Waals surface area contributed by atoms with Crippen LogP contribution in [0.25, 0.3) is 0 Å². The topological polar surface area (TPSA) is 74.7 Å². The molecule has 1 atom stereocenters. The van der Waals surface area contributed by atoms with E-state index in [1.54, 1.807) is 13.8 Å². The Morgan fingerprint density at radius 2 is 1.86 bits per heavy atom. The Bertz CT molecular complexity index is 781. The molecule has 7 heteroatoms. The maximum atomic E-state index is 12.7. The van der Waals surface area contributed by atoms with E-state index in [-0.39, 0.29) is 15.1 Å². The summed E-state index contributed by atoms with van der Waals surface area (Å²) >= 11 is 0.786. The lowest BCUT2D eigenvalue weighted by atomic mass is 10.1. The highest BCUT2D eigenvalue weighted by Crippen LogP contribution is 2.31. The highest BCUT2D eigenvalue weighted by Gasteiger charge is 2.29. The molecule has 0 aliphatic carbocycles. The molecule has 2 aromatic rings. The van der Waals surface area contributed by atoms with Gasteiger partial charge in [0.2, 0.25) is 0 Å². The number of nitrogens with zero attached hydrogens (tertiary/aromatic N) is 1. The Kier molecular flexibility index (Phi) is 4.69. The molecular weight excluding hydrogens is 322 g/mol. The van der Waals surface area contributed by atoms with E-state index in [4.69, 9.17) is 5.11 Å². The summed E-state index contributed by atoms with van der Waals surface area (Å²) in [6.45, 7) is 3.39. The second-order valence-corrected chi connectivity index (χ2v) is 8.27. The third kappa shape index (κ3) is 3.06. The zero-order valence-electron chi connectivity index (χ0n) is 12.5. The van der Waals surface area contributed by atoms with Crippen LogP contribution in [0.2, 0.25) is 0 Å². The predicted octanol–water partition coefficient (Wildman–Crippen LogP) is 3.14. The quantitative estimate of drug-likeness (QED) is 0.908. The molecule has 1 aromatic heterocycles. The van der Waals surface area contributed by atoms with Gasteiger partial charge < -0.3 is 5.11 Å². The van der Waals surface area contributed by atoms with Crippen molar-refractivity contribution in [1.82, 2.24) is 4.31 Å². The second kappa shape index (κ2) is 6.20. The van der Waals surface area contributed by atoms with Crippen LogP contribution in [-0.4, -0.2) is 30.8 Å². The van der Waals surface area contributed by atoms with Crippen molar-refractivity contribution in [3.63, 3.8) is 0 Å². The summed E-state index contributed by atoms with van der Waals surface area (Å²) < 4.78 is 26.7. The number of carboxylic acid groups (broad SMARTS) is 1. The lowest BCUT2D eigenvalue weighted by Gasteiger charge is -2.23. The van der Waals surface area contributed by atoms with Gasteiger partial charge in [-0.3, -0.25) is 0 Å². The van der Waals surface area contributed by atoms with Crippen LogP contribution in [0.4, 0.5) is 0 Å². The zero-order valence-corrected chi connectivity index (χ0v) is 14.1. The molecule has 0 spiro atoms. The number of sulfonamides is 1. The van der Waals surface area contributed by atoms with E-state index < -0.39 is 16.0 Å². The molecule has 1 aromatic carbocycles. The average molecular weight is 339 g/mol. The average Bonchev–Trinajstić information content (AvgIpc) is 2.89. The summed E-state index contributed by atoms with van der Waals surface area (Å²) in [6.07, 6.45) is 0. The lowest BCUT2D eigenvalue weighted by molar-refractivity contribution is 0.0701. The van der Waals surface area contributed by atoms with Crippen molar-refractivity contribution in [1.29, 1.82) is 0 Å². The summed E-state index contributed by atoms with van der Waals surface area (Å²) in [6, 6.07) is 10.4. The van der Waals surface area contributed by atoms with Crippen LogP contribution in [0.15, 0.2) is 40.6 Å². The molecule has 0 saturated carbocycles. The molecule has 0 amide bonds. The summed E-state index contributed by atoms with van der Waals surface area (Å²) in [5.74, 6) is -1.11. The van der Waals surface area contributed by atoms with Gasteiger partial charge in [0.1, 0.15) is 9.09 Å². The molecule has 1 N–H and O–H groups in total. The summed E-state index contributed by atoms with van der Waals surface area (Å²) in [5.41, 5.74) is 1.33. The van der Waals surface area contributed by atoms with Crippen molar-refractivity contribution in [2.75, 3.05) is 7.05 Å². The Morgan fingerprint density at radius 3 is 2.36 bits per heavy atom. The van der Waals surface area contributed by atoms with E-state index in [1.807, 2.05) is 30.3 Å². The number of aromatic carboxylic acids is 1. The van der Waals surface area contributed by atoms with Crippen molar-refractivity contribution >= 4 is 27.3 Å². The third-order valence-corrected chi connectivity index (χ3v) is 7.15. The second-order valence-electron chi connectivity index (χ2n) is 4.99. The van der Waals surface area contributed by atoms with E-state index in [9.17, 15) is 13.2 Å². The Hall–Kier alpha value is -1.70. The van der Waals surface area contributed by atoms with Gasteiger partial charge in [0, 0.05) is 13.1 Å². The van der Waals surface area contributed by atoms with Gasteiger partial charge in [0.05, 0.1) is 0 Å². The van der Waals surface area contributed by atoms with Crippen molar-refractivity contribution in [2.24, 2.45) is 0 Å². The summed E-state index contributed by atoms with van der Waals surface area (Å²) in [5, 5.41) is 9.07. The molecule has 0 bridgehead atoms. The molecule has 118 valence electrons. The fourth-order valence-electron chi connectivity index (χ4n) is 2.08. The zero-order chi connectivity index (χ0) is 16.5. The molecule has 0 aliphatic heterocycles. The molecule has 0 aliphatic rings. The van der Waals surface area contributed by atoms with Gasteiger partial charge in [-0.2, -0.15) is 4.31 Å². The minimum atomic E-state index is -3.73. The van der Waals surface area contributed by atoms with Gasteiger partial charge >= 0.3 is 5.97 Å². The van der Waals surface area contributed by atoms with Gasteiger partial charge in [-0.1, -0.05) is 30.3 Å². The fourth-order valence-corrected chi connectivity index (χ4v) is 5.00. The predicted molar refractivity (Wildman–Crippen MR) is 85.8 cm³/mol. The minimum Gasteiger partial charge on any atom is -0.477 e. The summed E-state index contributed by atoms with van der Waals surface area (Å²) in [4.78, 5) is 11.1. The van der Waals surface area contributed by atoms with E-state index in [0.29, 0.717) is 5.56 Å². The molecule has 1 unspecified atom stereocenters. The SMILES string of the molecule is Cc1cc(S(=O)(=O)N(C)C(C)c2ccccc2)sc1C(=O)O. The molecule has 0 saturated heterocycles. The normalized spacial score (nSPS) is 13.3. The standard InChI is InChI=1S/C15H17NO4S2/c1-10-9-13(21-14(10)15(17)18)22(19,20)16(3)11(2)12-7-5-4-6-8-12/h4-9,11H,1-3H3,(H,17,18). The molecule has 1 heterocycles. The first kappa shape index (κ1) is 16.7. The van der Waals surface area contributed by atoms with Gasteiger partial charge in [-0.25, -0.2) is 13.2 Å². The first-order valence-electron chi connectivity index (χ1n) is 6.62. The highest BCUT2D eigenvalue weighted by molar-refractivity contribution is 7.91. The highest BCUT2D eigenvalue weighted by atomic mass is 32.2. The van der Waals surface area contributed by atoms with Gasteiger partial charge in [-0.05, 0) is 31.0 Å².